The lowest BCUT2D eigenvalue weighted by molar-refractivity contribution is -0.120. The van der Waals surface area contributed by atoms with Crippen molar-refractivity contribution in [3.05, 3.63) is 24.3 Å². The highest BCUT2D eigenvalue weighted by atomic mass is 32.2. The second-order valence-electron chi connectivity index (χ2n) is 4.87. The number of carbonyl (C=O) groups is 1. The molecule has 0 radical (unpaired) electrons. The van der Waals surface area contributed by atoms with Gasteiger partial charge in [0.15, 0.2) is 0 Å². The molecule has 0 spiro atoms. The first kappa shape index (κ1) is 16.1. The number of anilines is 1. The van der Waals surface area contributed by atoms with E-state index in [2.05, 4.69) is 10.0 Å². The smallest absolute Gasteiger partial charge is 0.235 e. The van der Waals surface area contributed by atoms with E-state index in [1.807, 2.05) is 18.2 Å². The summed E-state index contributed by atoms with van der Waals surface area (Å²) in [5.74, 6) is 0.0530. The molecule has 0 bridgehead atoms. The van der Waals surface area contributed by atoms with Crippen LogP contribution in [0.4, 0.5) is 5.69 Å². The van der Waals surface area contributed by atoms with Gasteiger partial charge in [0.2, 0.25) is 15.9 Å². The Morgan fingerprint density at radius 3 is 2.71 bits per heavy atom. The molecule has 0 atom stereocenters. The van der Waals surface area contributed by atoms with E-state index in [1.165, 1.54) is 11.8 Å². The molecule has 0 unspecified atom stereocenters. The zero-order valence-corrected chi connectivity index (χ0v) is 13.2. The van der Waals surface area contributed by atoms with Gasteiger partial charge in [-0.25, -0.2) is 13.1 Å². The van der Waals surface area contributed by atoms with Crippen LogP contribution in [-0.4, -0.2) is 38.4 Å². The van der Waals surface area contributed by atoms with Crippen molar-refractivity contribution in [3.8, 4) is 0 Å². The maximum Gasteiger partial charge on any atom is 0.235 e. The molecule has 1 aliphatic carbocycles. The summed E-state index contributed by atoms with van der Waals surface area (Å²) in [4.78, 5) is 12.3. The lowest BCUT2D eigenvalue weighted by Gasteiger charge is -2.08. The topological polar surface area (TPSA) is 101 Å². The zero-order valence-electron chi connectivity index (χ0n) is 11.5. The number of amides is 1. The number of nitrogen functional groups attached to an aromatic ring is 1. The van der Waals surface area contributed by atoms with Crippen LogP contribution < -0.4 is 15.8 Å². The molecular weight excluding hydrogens is 310 g/mol. The third kappa shape index (κ3) is 5.94. The van der Waals surface area contributed by atoms with Gasteiger partial charge < -0.3 is 11.1 Å². The van der Waals surface area contributed by atoms with Gasteiger partial charge >= 0.3 is 0 Å². The summed E-state index contributed by atoms with van der Waals surface area (Å²) in [7, 11) is -3.45. The number of sulfonamides is 1. The fourth-order valence-corrected chi connectivity index (χ4v) is 3.96. The van der Waals surface area contributed by atoms with E-state index in [0.717, 1.165) is 17.7 Å². The first-order chi connectivity index (χ1) is 9.96. The predicted octanol–water partition coefficient (Wildman–Crippen LogP) is 0.559. The van der Waals surface area contributed by atoms with Crippen LogP contribution in [0.5, 0.6) is 0 Å². The Morgan fingerprint density at radius 2 is 2.05 bits per heavy atom. The number of nitrogens with one attached hydrogen (secondary N) is 2. The minimum atomic E-state index is -3.45. The van der Waals surface area contributed by atoms with E-state index < -0.39 is 10.0 Å². The van der Waals surface area contributed by atoms with E-state index >= 15 is 0 Å². The second-order valence-corrected chi connectivity index (χ2v) is 7.93. The van der Waals surface area contributed by atoms with Crippen molar-refractivity contribution in [2.24, 2.45) is 0 Å². The number of thioether (sulfide) groups is 1. The van der Waals surface area contributed by atoms with Crippen LogP contribution in [0.2, 0.25) is 0 Å². The molecule has 8 heteroatoms. The van der Waals surface area contributed by atoms with Crippen LogP contribution in [0.15, 0.2) is 29.2 Å². The minimum absolute atomic E-state index is 0.0529. The minimum Gasteiger partial charge on any atom is -0.398 e. The number of para-hydroxylation sites is 1. The van der Waals surface area contributed by atoms with E-state index in [0.29, 0.717) is 11.4 Å². The number of benzene rings is 1. The molecule has 2 rings (SSSR count). The molecule has 1 aliphatic rings. The number of rotatable bonds is 8. The molecule has 1 aromatic rings. The molecule has 1 aromatic carbocycles. The van der Waals surface area contributed by atoms with Crippen LogP contribution in [0.1, 0.15) is 12.8 Å². The van der Waals surface area contributed by atoms with Crippen LogP contribution in [0, 0.1) is 0 Å². The molecule has 4 N–H and O–H groups in total. The third-order valence-corrected chi connectivity index (χ3v) is 5.60. The zero-order chi connectivity index (χ0) is 15.3. The van der Waals surface area contributed by atoms with E-state index in [4.69, 9.17) is 5.73 Å². The number of hydrogen-bond donors (Lipinski definition) is 3. The Hall–Kier alpha value is -1.25. The molecule has 6 nitrogen and oxygen atoms in total. The normalized spacial score (nSPS) is 14.9. The Balaban J connectivity index is 1.70. The maximum atomic E-state index is 11.8. The van der Waals surface area contributed by atoms with Crippen LogP contribution >= 0.6 is 11.8 Å². The summed E-state index contributed by atoms with van der Waals surface area (Å²) in [5.41, 5.74) is 6.42. The predicted molar refractivity (Wildman–Crippen MR) is 84.5 cm³/mol. The molecule has 1 saturated carbocycles. The molecule has 0 aromatic heterocycles. The number of hydrogen-bond acceptors (Lipinski definition) is 5. The van der Waals surface area contributed by atoms with Gasteiger partial charge in [0.1, 0.15) is 0 Å². The van der Waals surface area contributed by atoms with Crippen LogP contribution in [0.25, 0.3) is 0 Å². The summed E-state index contributed by atoms with van der Waals surface area (Å²) in [6.45, 7) is -0.197. The average Bonchev–Trinajstić information content (AvgIpc) is 3.23. The Bertz CT molecular complexity index is 600. The van der Waals surface area contributed by atoms with Crippen LogP contribution in [-0.2, 0) is 14.8 Å². The van der Waals surface area contributed by atoms with E-state index in [9.17, 15) is 13.2 Å². The van der Waals surface area contributed by atoms with Crippen molar-refractivity contribution in [1.29, 1.82) is 0 Å². The average molecular weight is 329 g/mol. The quantitative estimate of drug-likeness (QED) is 0.478. The highest BCUT2D eigenvalue weighted by molar-refractivity contribution is 8.00. The molecule has 21 heavy (non-hydrogen) atoms. The van der Waals surface area contributed by atoms with Gasteiger partial charge in [-0.1, -0.05) is 12.1 Å². The van der Waals surface area contributed by atoms with Crippen molar-refractivity contribution in [3.63, 3.8) is 0 Å². The highest BCUT2D eigenvalue weighted by Gasteiger charge is 2.23. The maximum absolute atomic E-state index is 11.8. The lowest BCUT2D eigenvalue weighted by Crippen LogP contribution is -2.39. The van der Waals surface area contributed by atoms with Gasteiger partial charge in [-0.05, 0) is 25.0 Å². The SMILES string of the molecule is Nc1ccccc1SCCS(=O)(=O)NCC(=O)NC1CC1. The van der Waals surface area contributed by atoms with Crippen LogP contribution in [0.3, 0.4) is 0 Å². The molecule has 1 fully saturated rings. The first-order valence-electron chi connectivity index (χ1n) is 6.70. The second kappa shape index (κ2) is 7.15. The van der Waals surface area contributed by atoms with Crippen molar-refractivity contribution < 1.29 is 13.2 Å². The standard InChI is InChI=1S/C13H19N3O3S2/c14-11-3-1-2-4-12(11)20-7-8-21(18,19)15-9-13(17)16-10-5-6-10/h1-4,10,15H,5-9,14H2,(H,16,17). The van der Waals surface area contributed by atoms with Gasteiger partial charge in [0.25, 0.3) is 0 Å². The summed E-state index contributed by atoms with van der Waals surface area (Å²) < 4.78 is 25.9. The number of carbonyl (C=O) groups excluding carboxylic acids is 1. The molecule has 0 aliphatic heterocycles. The molecule has 0 heterocycles. The summed E-state index contributed by atoms with van der Waals surface area (Å²) in [5, 5.41) is 2.73. The Morgan fingerprint density at radius 1 is 1.33 bits per heavy atom. The summed E-state index contributed by atoms with van der Waals surface area (Å²) in [6, 6.07) is 7.54. The van der Waals surface area contributed by atoms with Gasteiger partial charge in [-0.15, -0.1) is 11.8 Å². The van der Waals surface area contributed by atoms with Gasteiger partial charge in [0.05, 0.1) is 12.3 Å². The molecular formula is C13H19N3O3S2. The third-order valence-electron chi connectivity index (χ3n) is 2.92. The highest BCUT2D eigenvalue weighted by Crippen LogP contribution is 2.24. The lowest BCUT2D eigenvalue weighted by atomic mass is 10.3. The molecule has 1 amide bonds. The summed E-state index contributed by atoms with van der Waals surface area (Å²) in [6.07, 6.45) is 1.96. The Labute approximate surface area is 128 Å². The molecule has 0 saturated heterocycles. The van der Waals surface area contributed by atoms with Gasteiger partial charge in [-0.3, -0.25) is 4.79 Å². The number of nitrogens with two attached hydrogens (primary N) is 1. The monoisotopic (exact) mass is 329 g/mol. The fourth-order valence-electron chi connectivity index (χ4n) is 1.63. The van der Waals surface area contributed by atoms with Crippen molar-refractivity contribution in [1.82, 2.24) is 10.0 Å². The van der Waals surface area contributed by atoms with Gasteiger partial charge in [-0.2, -0.15) is 0 Å². The molecule has 116 valence electrons. The van der Waals surface area contributed by atoms with Crippen molar-refractivity contribution >= 4 is 33.4 Å². The van der Waals surface area contributed by atoms with Gasteiger partial charge in [0, 0.05) is 22.4 Å². The first-order valence-corrected chi connectivity index (χ1v) is 9.34. The van der Waals surface area contributed by atoms with E-state index in [-0.39, 0.29) is 24.2 Å². The van der Waals surface area contributed by atoms with E-state index in [1.54, 1.807) is 6.07 Å². The largest absolute Gasteiger partial charge is 0.398 e. The Kier molecular flexibility index (Phi) is 5.49. The van der Waals surface area contributed by atoms with Crippen molar-refractivity contribution in [2.75, 3.05) is 23.8 Å². The summed E-state index contributed by atoms with van der Waals surface area (Å²) >= 11 is 1.38. The van der Waals surface area contributed by atoms with Crippen molar-refractivity contribution in [2.45, 2.75) is 23.8 Å². The fraction of sp³-hybridized carbons (Fsp3) is 0.462.